The SMILES string of the molecule is Cc1ccccc1-n1nnnc1SCC(=O)Nc1cccc(C(F)(F)F)c1. The number of nitrogens with one attached hydrogen (secondary N) is 1. The fraction of sp³-hybridized carbons (Fsp3) is 0.176. The first-order valence-corrected chi connectivity index (χ1v) is 8.77. The van der Waals surface area contributed by atoms with Gasteiger partial charge in [0.1, 0.15) is 0 Å². The van der Waals surface area contributed by atoms with Gasteiger partial charge in [-0.3, -0.25) is 4.79 Å². The molecule has 0 aliphatic carbocycles. The maximum Gasteiger partial charge on any atom is 0.416 e. The van der Waals surface area contributed by atoms with Gasteiger partial charge in [-0.2, -0.15) is 17.9 Å². The van der Waals surface area contributed by atoms with Gasteiger partial charge in [-0.25, -0.2) is 0 Å². The van der Waals surface area contributed by atoms with Gasteiger partial charge in [0.2, 0.25) is 11.1 Å². The highest BCUT2D eigenvalue weighted by Gasteiger charge is 2.30. The van der Waals surface area contributed by atoms with Crippen molar-refractivity contribution in [2.75, 3.05) is 11.1 Å². The highest BCUT2D eigenvalue weighted by molar-refractivity contribution is 7.99. The summed E-state index contributed by atoms with van der Waals surface area (Å²) in [6.45, 7) is 1.91. The van der Waals surface area contributed by atoms with Crippen LogP contribution in [0.1, 0.15) is 11.1 Å². The standard InChI is InChI=1S/C17H14F3N5OS/c1-11-5-2-3-8-14(11)25-16(22-23-24-25)27-10-15(26)21-13-7-4-6-12(9-13)17(18,19)20/h2-9H,10H2,1H3,(H,21,26). The molecule has 1 amide bonds. The van der Waals surface area contributed by atoms with E-state index in [1.54, 1.807) is 0 Å². The number of rotatable bonds is 5. The molecule has 0 unspecified atom stereocenters. The zero-order valence-electron chi connectivity index (χ0n) is 14.1. The lowest BCUT2D eigenvalue weighted by Gasteiger charge is -2.10. The van der Waals surface area contributed by atoms with E-state index in [1.165, 1.54) is 16.8 Å². The fourth-order valence-corrected chi connectivity index (χ4v) is 3.01. The van der Waals surface area contributed by atoms with E-state index in [0.29, 0.717) is 5.16 Å². The van der Waals surface area contributed by atoms with Crippen LogP contribution < -0.4 is 5.32 Å². The number of hydrogen-bond acceptors (Lipinski definition) is 5. The Kier molecular flexibility index (Phi) is 5.45. The average molecular weight is 393 g/mol. The number of benzene rings is 2. The monoisotopic (exact) mass is 393 g/mol. The van der Waals surface area contributed by atoms with Crippen LogP contribution in [0.15, 0.2) is 53.7 Å². The summed E-state index contributed by atoms with van der Waals surface area (Å²) >= 11 is 1.09. The van der Waals surface area contributed by atoms with E-state index in [4.69, 9.17) is 0 Å². The Morgan fingerprint density at radius 3 is 2.70 bits per heavy atom. The molecule has 0 radical (unpaired) electrons. The number of alkyl halides is 3. The predicted molar refractivity (Wildman–Crippen MR) is 94.7 cm³/mol. The van der Waals surface area contributed by atoms with Gasteiger partial charge in [0, 0.05) is 5.69 Å². The molecule has 2 aromatic carbocycles. The van der Waals surface area contributed by atoms with Crippen LogP contribution in [-0.4, -0.2) is 31.9 Å². The second-order valence-corrected chi connectivity index (χ2v) is 6.52. The van der Waals surface area contributed by atoms with Crippen LogP contribution in [0.25, 0.3) is 5.69 Å². The van der Waals surface area contributed by atoms with E-state index in [2.05, 4.69) is 20.8 Å². The molecule has 27 heavy (non-hydrogen) atoms. The second-order valence-electron chi connectivity index (χ2n) is 5.58. The number of aryl methyl sites for hydroxylation is 1. The lowest BCUT2D eigenvalue weighted by Crippen LogP contribution is -2.15. The molecule has 1 N–H and O–H groups in total. The van der Waals surface area contributed by atoms with Crippen molar-refractivity contribution >= 4 is 23.4 Å². The molecule has 0 saturated heterocycles. The molecule has 0 bridgehead atoms. The molecule has 1 aromatic heterocycles. The Morgan fingerprint density at radius 1 is 1.19 bits per heavy atom. The van der Waals surface area contributed by atoms with Gasteiger partial charge in [0.25, 0.3) is 0 Å². The number of amides is 1. The van der Waals surface area contributed by atoms with Crippen molar-refractivity contribution in [2.45, 2.75) is 18.3 Å². The van der Waals surface area contributed by atoms with Crippen molar-refractivity contribution in [2.24, 2.45) is 0 Å². The normalized spacial score (nSPS) is 11.4. The molecule has 0 spiro atoms. The van der Waals surface area contributed by atoms with Crippen LogP contribution in [0, 0.1) is 6.92 Å². The Labute approximate surface area is 156 Å². The minimum absolute atomic E-state index is 0.0531. The van der Waals surface area contributed by atoms with Crippen LogP contribution in [0.3, 0.4) is 0 Å². The zero-order chi connectivity index (χ0) is 19.4. The third-order valence-corrected chi connectivity index (χ3v) is 4.51. The van der Waals surface area contributed by atoms with Crippen molar-refractivity contribution in [3.05, 3.63) is 59.7 Å². The first-order valence-electron chi connectivity index (χ1n) is 7.79. The summed E-state index contributed by atoms with van der Waals surface area (Å²) in [5.74, 6) is -0.513. The summed E-state index contributed by atoms with van der Waals surface area (Å²) in [4.78, 5) is 12.1. The van der Waals surface area contributed by atoms with E-state index < -0.39 is 17.6 Å². The molecular weight excluding hydrogens is 379 g/mol. The number of thioether (sulfide) groups is 1. The van der Waals surface area contributed by atoms with Gasteiger partial charge in [-0.05, 0) is 47.2 Å². The highest BCUT2D eigenvalue weighted by atomic mass is 32.2. The van der Waals surface area contributed by atoms with Gasteiger partial charge in [-0.1, -0.05) is 36.0 Å². The van der Waals surface area contributed by atoms with Crippen molar-refractivity contribution in [3.8, 4) is 5.69 Å². The van der Waals surface area contributed by atoms with Crippen molar-refractivity contribution in [1.29, 1.82) is 0 Å². The summed E-state index contributed by atoms with van der Waals surface area (Å²) in [6, 6.07) is 12.0. The summed E-state index contributed by atoms with van der Waals surface area (Å²) in [6.07, 6.45) is -4.47. The number of para-hydroxylation sites is 1. The van der Waals surface area contributed by atoms with Crippen LogP contribution in [-0.2, 0) is 11.0 Å². The number of nitrogens with zero attached hydrogens (tertiary/aromatic N) is 4. The topological polar surface area (TPSA) is 72.7 Å². The molecule has 3 rings (SSSR count). The average Bonchev–Trinajstić information content (AvgIpc) is 3.08. The number of hydrogen-bond donors (Lipinski definition) is 1. The van der Waals surface area contributed by atoms with Gasteiger partial charge >= 0.3 is 6.18 Å². The minimum atomic E-state index is -4.47. The second kappa shape index (κ2) is 7.78. The number of halogens is 3. The predicted octanol–water partition coefficient (Wildman–Crippen LogP) is 3.72. The lowest BCUT2D eigenvalue weighted by molar-refractivity contribution is -0.137. The van der Waals surface area contributed by atoms with Crippen molar-refractivity contribution in [1.82, 2.24) is 20.2 Å². The first-order chi connectivity index (χ1) is 12.8. The zero-order valence-corrected chi connectivity index (χ0v) is 14.9. The first kappa shape index (κ1) is 18.9. The summed E-state index contributed by atoms with van der Waals surface area (Å²) in [5.41, 5.74) is 0.994. The van der Waals surface area contributed by atoms with E-state index in [-0.39, 0.29) is 11.4 Å². The largest absolute Gasteiger partial charge is 0.416 e. The van der Waals surface area contributed by atoms with Crippen LogP contribution in [0.5, 0.6) is 0 Å². The Balaban J connectivity index is 1.66. The van der Waals surface area contributed by atoms with Gasteiger partial charge in [0.05, 0.1) is 17.0 Å². The number of aromatic nitrogens is 4. The summed E-state index contributed by atoms with van der Waals surface area (Å²) in [5, 5.41) is 14.3. The van der Waals surface area contributed by atoms with E-state index in [1.807, 2.05) is 31.2 Å². The van der Waals surface area contributed by atoms with E-state index in [0.717, 1.165) is 35.1 Å². The molecule has 10 heteroatoms. The molecule has 0 atom stereocenters. The molecule has 0 saturated carbocycles. The Morgan fingerprint density at radius 2 is 1.96 bits per heavy atom. The Hall–Kier alpha value is -2.88. The van der Waals surface area contributed by atoms with E-state index >= 15 is 0 Å². The van der Waals surface area contributed by atoms with Crippen LogP contribution in [0.4, 0.5) is 18.9 Å². The number of carbonyl (C=O) groups is 1. The smallest absolute Gasteiger partial charge is 0.325 e. The van der Waals surface area contributed by atoms with Gasteiger partial charge in [-0.15, -0.1) is 5.10 Å². The summed E-state index contributed by atoms with van der Waals surface area (Å²) < 4.78 is 39.7. The molecule has 0 fully saturated rings. The van der Waals surface area contributed by atoms with E-state index in [9.17, 15) is 18.0 Å². The van der Waals surface area contributed by atoms with Crippen molar-refractivity contribution in [3.63, 3.8) is 0 Å². The molecule has 0 aliphatic heterocycles. The lowest BCUT2D eigenvalue weighted by atomic mass is 10.2. The number of tetrazole rings is 1. The quantitative estimate of drug-likeness (QED) is 0.669. The maximum atomic E-state index is 12.7. The molecule has 140 valence electrons. The molecule has 6 nitrogen and oxygen atoms in total. The maximum absolute atomic E-state index is 12.7. The third kappa shape index (κ3) is 4.64. The molecule has 0 aliphatic rings. The minimum Gasteiger partial charge on any atom is -0.325 e. The molecule has 3 aromatic rings. The molecule has 1 heterocycles. The third-order valence-electron chi connectivity index (χ3n) is 3.59. The van der Waals surface area contributed by atoms with Crippen LogP contribution >= 0.6 is 11.8 Å². The van der Waals surface area contributed by atoms with Crippen molar-refractivity contribution < 1.29 is 18.0 Å². The number of anilines is 1. The van der Waals surface area contributed by atoms with Gasteiger partial charge in [0.15, 0.2) is 0 Å². The van der Waals surface area contributed by atoms with Gasteiger partial charge < -0.3 is 5.32 Å². The Bertz CT molecular complexity index is 957. The fourth-order valence-electron chi connectivity index (χ4n) is 2.32. The number of carbonyl (C=O) groups excluding carboxylic acids is 1. The molecular formula is C17H14F3N5OS. The highest BCUT2D eigenvalue weighted by Crippen LogP contribution is 2.30. The van der Waals surface area contributed by atoms with Crippen LogP contribution in [0.2, 0.25) is 0 Å². The summed E-state index contributed by atoms with van der Waals surface area (Å²) in [7, 11) is 0.